The fourth-order valence-corrected chi connectivity index (χ4v) is 2.75. The molecule has 0 aromatic heterocycles. The third-order valence-corrected chi connectivity index (χ3v) is 3.90. The lowest BCUT2D eigenvalue weighted by molar-refractivity contribution is 0.208. The summed E-state index contributed by atoms with van der Waals surface area (Å²) < 4.78 is 0. The summed E-state index contributed by atoms with van der Waals surface area (Å²) in [6, 6.07) is 0. The minimum Gasteiger partial charge on any atom is -0.330 e. The molecule has 2 N–H and O–H groups in total. The summed E-state index contributed by atoms with van der Waals surface area (Å²) >= 11 is 2.08. The van der Waals surface area contributed by atoms with Crippen LogP contribution in [0.1, 0.15) is 26.7 Å². The second-order valence-electron chi connectivity index (χ2n) is 4.08. The quantitative estimate of drug-likeness (QED) is 0.692. The standard InChI is InChI=1S/C9H19NS/c1-9(2,7-10)8-3-5-11-6-4-8/h8H,3-7,10H2,1-2H3. The Morgan fingerprint density at radius 2 is 1.91 bits per heavy atom. The van der Waals surface area contributed by atoms with Gasteiger partial charge in [-0.3, -0.25) is 0 Å². The highest BCUT2D eigenvalue weighted by molar-refractivity contribution is 7.99. The monoisotopic (exact) mass is 173 g/mol. The zero-order valence-electron chi connectivity index (χ0n) is 7.60. The maximum absolute atomic E-state index is 5.73. The van der Waals surface area contributed by atoms with Crippen LogP contribution in [0.5, 0.6) is 0 Å². The Labute approximate surface area is 74.1 Å². The SMILES string of the molecule is CC(C)(CN)C1CCSCC1. The molecule has 1 aliphatic rings. The van der Waals surface area contributed by atoms with Gasteiger partial charge in [0.2, 0.25) is 0 Å². The Bertz CT molecular complexity index is 117. The number of hydrogen-bond acceptors (Lipinski definition) is 2. The molecule has 0 amide bonds. The molecular formula is C9H19NS. The van der Waals surface area contributed by atoms with Gasteiger partial charge in [-0.05, 0) is 42.2 Å². The van der Waals surface area contributed by atoms with E-state index < -0.39 is 0 Å². The predicted octanol–water partition coefficient (Wildman–Crippen LogP) is 2.11. The fraction of sp³-hybridized carbons (Fsp3) is 1.00. The lowest BCUT2D eigenvalue weighted by Crippen LogP contribution is -2.34. The highest BCUT2D eigenvalue weighted by atomic mass is 32.2. The smallest absolute Gasteiger partial charge is 0.00232 e. The van der Waals surface area contributed by atoms with E-state index in [9.17, 15) is 0 Å². The summed E-state index contributed by atoms with van der Waals surface area (Å²) in [6.07, 6.45) is 2.74. The summed E-state index contributed by atoms with van der Waals surface area (Å²) in [7, 11) is 0. The minimum atomic E-state index is 0.376. The predicted molar refractivity (Wildman–Crippen MR) is 52.9 cm³/mol. The molecule has 2 heteroatoms. The Hall–Kier alpha value is 0.310. The van der Waals surface area contributed by atoms with Gasteiger partial charge in [-0.2, -0.15) is 11.8 Å². The molecule has 11 heavy (non-hydrogen) atoms. The maximum atomic E-state index is 5.73. The lowest BCUT2D eigenvalue weighted by atomic mass is 9.76. The topological polar surface area (TPSA) is 26.0 Å². The summed E-state index contributed by atoms with van der Waals surface area (Å²) in [5.74, 6) is 3.55. The van der Waals surface area contributed by atoms with Crippen molar-refractivity contribution in [2.24, 2.45) is 17.1 Å². The van der Waals surface area contributed by atoms with Gasteiger partial charge in [0, 0.05) is 0 Å². The molecule has 0 aliphatic carbocycles. The molecular weight excluding hydrogens is 154 g/mol. The van der Waals surface area contributed by atoms with Crippen LogP contribution < -0.4 is 5.73 Å². The van der Waals surface area contributed by atoms with Crippen LogP contribution in [0.4, 0.5) is 0 Å². The molecule has 1 aliphatic heterocycles. The molecule has 0 radical (unpaired) electrons. The molecule has 0 spiro atoms. The van der Waals surface area contributed by atoms with E-state index >= 15 is 0 Å². The van der Waals surface area contributed by atoms with Gasteiger partial charge in [-0.1, -0.05) is 13.8 Å². The van der Waals surface area contributed by atoms with Gasteiger partial charge in [-0.15, -0.1) is 0 Å². The summed E-state index contributed by atoms with van der Waals surface area (Å²) in [6.45, 7) is 5.43. The van der Waals surface area contributed by atoms with Crippen LogP contribution in [-0.4, -0.2) is 18.1 Å². The Kier molecular flexibility index (Phi) is 3.26. The van der Waals surface area contributed by atoms with Crippen LogP contribution in [0, 0.1) is 11.3 Å². The molecule has 1 nitrogen and oxygen atoms in total. The summed E-state index contributed by atoms with van der Waals surface area (Å²) in [5.41, 5.74) is 6.11. The molecule has 0 saturated carbocycles. The molecule has 0 unspecified atom stereocenters. The molecule has 1 rings (SSSR count). The van der Waals surface area contributed by atoms with Gasteiger partial charge >= 0.3 is 0 Å². The van der Waals surface area contributed by atoms with Crippen molar-refractivity contribution in [3.8, 4) is 0 Å². The Morgan fingerprint density at radius 3 is 2.36 bits per heavy atom. The van der Waals surface area contributed by atoms with Crippen LogP contribution in [0.3, 0.4) is 0 Å². The third kappa shape index (κ3) is 2.38. The van der Waals surface area contributed by atoms with Crippen LogP contribution >= 0.6 is 11.8 Å². The van der Waals surface area contributed by atoms with Gasteiger partial charge < -0.3 is 5.73 Å². The van der Waals surface area contributed by atoms with E-state index in [1.165, 1.54) is 24.3 Å². The first-order chi connectivity index (χ1) is 5.17. The Balaban J connectivity index is 2.43. The lowest BCUT2D eigenvalue weighted by Gasteiger charge is -2.35. The Morgan fingerprint density at radius 1 is 1.36 bits per heavy atom. The molecule has 1 saturated heterocycles. The summed E-state index contributed by atoms with van der Waals surface area (Å²) in [5, 5.41) is 0. The summed E-state index contributed by atoms with van der Waals surface area (Å²) in [4.78, 5) is 0. The second-order valence-corrected chi connectivity index (χ2v) is 5.30. The van der Waals surface area contributed by atoms with E-state index in [0.717, 1.165) is 12.5 Å². The van der Waals surface area contributed by atoms with Crippen LogP contribution in [-0.2, 0) is 0 Å². The first-order valence-corrected chi connectivity index (χ1v) is 5.60. The molecule has 66 valence electrons. The minimum absolute atomic E-state index is 0.376. The number of nitrogens with two attached hydrogens (primary N) is 1. The van der Waals surface area contributed by atoms with Crippen molar-refractivity contribution in [3.63, 3.8) is 0 Å². The van der Waals surface area contributed by atoms with E-state index in [2.05, 4.69) is 25.6 Å². The van der Waals surface area contributed by atoms with Crippen molar-refractivity contribution in [2.75, 3.05) is 18.1 Å². The van der Waals surface area contributed by atoms with Gasteiger partial charge in [0.25, 0.3) is 0 Å². The van der Waals surface area contributed by atoms with Crippen molar-refractivity contribution in [1.29, 1.82) is 0 Å². The number of hydrogen-bond donors (Lipinski definition) is 1. The molecule has 0 atom stereocenters. The van der Waals surface area contributed by atoms with Gasteiger partial charge in [0.1, 0.15) is 0 Å². The van der Waals surface area contributed by atoms with E-state index in [-0.39, 0.29) is 0 Å². The number of rotatable bonds is 2. The second kappa shape index (κ2) is 3.81. The highest BCUT2D eigenvalue weighted by Crippen LogP contribution is 2.36. The zero-order chi connectivity index (χ0) is 8.32. The fourth-order valence-electron chi connectivity index (χ4n) is 1.65. The largest absolute Gasteiger partial charge is 0.330 e. The van der Waals surface area contributed by atoms with Gasteiger partial charge in [0.05, 0.1) is 0 Å². The highest BCUT2D eigenvalue weighted by Gasteiger charge is 2.28. The average Bonchev–Trinajstić information content (AvgIpc) is 2.06. The van der Waals surface area contributed by atoms with Crippen LogP contribution in [0.2, 0.25) is 0 Å². The third-order valence-electron chi connectivity index (χ3n) is 2.85. The molecule has 1 heterocycles. The van der Waals surface area contributed by atoms with E-state index in [0.29, 0.717) is 5.41 Å². The van der Waals surface area contributed by atoms with Crippen LogP contribution in [0.25, 0.3) is 0 Å². The van der Waals surface area contributed by atoms with Crippen LogP contribution in [0.15, 0.2) is 0 Å². The normalized spacial score (nSPS) is 22.1. The van der Waals surface area contributed by atoms with Crippen molar-refractivity contribution in [2.45, 2.75) is 26.7 Å². The molecule has 0 aromatic rings. The number of thioether (sulfide) groups is 1. The van der Waals surface area contributed by atoms with Crippen molar-refractivity contribution >= 4 is 11.8 Å². The molecule has 0 aromatic carbocycles. The zero-order valence-corrected chi connectivity index (χ0v) is 8.41. The van der Waals surface area contributed by atoms with Crippen molar-refractivity contribution in [3.05, 3.63) is 0 Å². The first kappa shape index (κ1) is 9.40. The van der Waals surface area contributed by atoms with Crippen molar-refractivity contribution in [1.82, 2.24) is 0 Å². The van der Waals surface area contributed by atoms with E-state index in [1.54, 1.807) is 0 Å². The maximum Gasteiger partial charge on any atom is -0.00232 e. The first-order valence-electron chi connectivity index (χ1n) is 4.44. The molecule has 0 bridgehead atoms. The molecule has 1 fully saturated rings. The van der Waals surface area contributed by atoms with Gasteiger partial charge in [-0.25, -0.2) is 0 Å². The van der Waals surface area contributed by atoms with E-state index in [1.807, 2.05) is 0 Å². The van der Waals surface area contributed by atoms with Crippen molar-refractivity contribution < 1.29 is 0 Å². The van der Waals surface area contributed by atoms with Gasteiger partial charge in [0.15, 0.2) is 0 Å². The average molecular weight is 173 g/mol. The van der Waals surface area contributed by atoms with E-state index in [4.69, 9.17) is 5.73 Å².